The molecule has 6 nitrogen and oxygen atoms in total. The van der Waals surface area contributed by atoms with Crippen molar-refractivity contribution in [1.29, 1.82) is 0 Å². The lowest BCUT2D eigenvalue weighted by Crippen LogP contribution is -2.24. The molecule has 0 unspecified atom stereocenters. The Balaban J connectivity index is 2.82. The maximum absolute atomic E-state index is 11.6. The molecule has 0 saturated heterocycles. The van der Waals surface area contributed by atoms with Gasteiger partial charge in [0.2, 0.25) is 10.0 Å². The molecule has 18 heavy (non-hydrogen) atoms. The first-order valence-corrected chi connectivity index (χ1v) is 8.74. The van der Waals surface area contributed by atoms with E-state index in [-0.39, 0.29) is 10.6 Å². The Morgan fingerprint density at radius 2 is 1.61 bits per heavy atom. The molecule has 0 amide bonds. The Bertz CT molecular complexity index is 591. The molecule has 0 bridgehead atoms. The van der Waals surface area contributed by atoms with Gasteiger partial charge in [-0.15, -0.1) is 0 Å². The molecule has 102 valence electrons. The van der Waals surface area contributed by atoms with Crippen LogP contribution in [0.2, 0.25) is 0 Å². The lowest BCUT2D eigenvalue weighted by Gasteiger charge is -2.08. The maximum atomic E-state index is 11.6. The number of benzene rings is 1. The highest BCUT2D eigenvalue weighted by Gasteiger charge is 2.11. The highest BCUT2D eigenvalue weighted by molar-refractivity contribution is 7.92. The van der Waals surface area contributed by atoms with Crippen LogP contribution in [0.3, 0.4) is 0 Å². The fourth-order valence-electron chi connectivity index (χ4n) is 1.24. The van der Waals surface area contributed by atoms with Gasteiger partial charge in [0.15, 0.2) is 9.84 Å². The Morgan fingerprint density at radius 3 is 2.06 bits per heavy atom. The topological polar surface area (TPSA) is 92.3 Å². The van der Waals surface area contributed by atoms with E-state index in [1.54, 1.807) is 7.05 Å². The highest BCUT2D eigenvalue weighted by Crippen LogP contribution is 2.14. The predicted octanol–water partition coefficient (Wildman–Crippen LogP) is 0.0512. The molecular formula is C10H16N2O4S2. The van der Waals surface area contributed by atoms with Crippen LogP contribution < -0.4 is 10.0 Å². The molecule has 0 fully saturated rings. The van der Waals surface area contributed by atoms with Gasteiger partial charge >= 0.3 is 0 Å². The summed E-state index contributed by atoms with van der Waals surface area (Å²) in [5, 5.41) is 2.74. The van der Waals surface area contributed by atoms with E-state index >= 15 is 0 Å². The van der Waals surface area contributed by atoms with Crippen molar-refractivity contribution in [3.8, 4) is 0 Å². The van der Waals surface area contributed by atoms with Gasteiger partial charge < -0.3 is 5.32 Å². The first kappa shape index (κ1) is 14.9. The van der Waals surface area contributed by atoms with E-state index in [1.165, 1.54) is 24.3 Å². The Morgan fingerprint density at radius 1 is 1.06 bits per heavy atom. The number of nitrogens with one attached hydrogen (secondary N) is 2. The lowest BCUT2D eigenvalue weighted by atomic mass is 10.3. The van der Waals surface area contributed by atoms with Crippen LogP contribution in [-0.4, -0.2) is 42.4 Å². The van der Waals surface area contributed by atoms with E-state index in [0.29, 0.717) is 12.2 Å². The van der Waals surface area contributed by atoms with Gasteiger partial charge in [-0.05, 0) is 31.3 Å². The van der Waals surface area contributed by atoms with Crippen molar-refractivity contribution in [2.24, 2.45) is 0 Å². The maximum Gasteiger partial charge on any atom is 0.233 e. The molecule has 1 aromatic rings. The molecule has 2 N–H and O–H groups in total. The molecule has 0 aromatic heterocycles. The molecule has 0 atom stereocenters. The molecule has 0 saturated carbocycles. The summed E-state index contributed by atoms with van der Waals surface area (Å²) < 4.78 is 48.0. The minimum absolute atomic E-state index is 0.0443. The van der Waals surface area contributed by atoms with Gasteiger partial charge in [0.1, 0.15) is 0 Å². The van der Waals surface area contributed by atoms with Gasteiger partial charge in [0.05, 0.1) is 10.6 Å². The van der Waals surface area contributed by atoms with Crippen molar-refractivity contribution >= 4 is 25.5 Å². The molecule has 0 radical (unpaired) electrons. The normalized spacial score (nSPS) is 12.3. The van der Waals surface area contributed by atoms with Crippen LogP contribution in [0, 0.1) is 0 Å². The monoisotopic (exact) mass is 292 g/mol. The molecule has 8 heteroatoms. The summed E-state index contributed by atoms with van der Waals surface area (Å²) in [4.78, 5) is 0.153. The van der Waals surface area contributed by atoms with Crippen LogP contribution in [0.4, 0.5) is 5.69 Å². The van der Waals surface area contributed by atoms with E-state index in [2.05, 4.69) is 10.0 Å². The van der Waals surface area contributed by atoms with Gasteiger partial charge in [-0.3, -0.25) is 4.72 Å². The first-order chi connectivity index (χ1) is 8.24. The third-order valence-corrected chi connectivity index (χ3v) is 4.59. The van der Waals surface area contributed by atoms with Crippen molar-refractivity contribution in [3.63, 3.8) is 0 Å². The van der Waals surface area contributed by atoms with E-state index in [4.69, 9.17) is 0 Å². The Hall–Kier alpha value is -1.12. The van der Waals surface area contributed by atoms with Crippen LogP contribution in [0.15, 0.2) is 29.2 Å². The number of sulfonamides is 1. The number of hydrogen-bond donors (Lipinski definition) is 2. The average Bonchev–Trinajstić information content (AvgIpc) is 2.25. The Labute approximate surface area is 107 Å². The van der Waals surface area contributed by atoms with Crippen LogP contribution in [0.25, 0.3) is 0 Å². The molecule has 1 aromatic carbocycles. The second-order valence-electron chi connectivity index (χ2n) is 3.82. The van der Waals surface area contributed by atoms with Crippen molar-refractivity contribution < 1.29 is 16.8 Å². The third kappa shape index (κ3) is 4.63. The summed E-state index contributed by atoms with van der Waals surface area (Å²) in [6.45, 7) is 0.344. The largest absolute Gasteiger partial charge is 0.319 e. The number of anilines is 1. The van der Waals surface area contributed by atoms with Gasteiger partial charge in [0, 0.05) is 18.5 Å². The van der Waals surface area contributed by atoms with Crippen molar-refractivity contribution in [2.45, 2.75) is 4.90 Å². The van der Waals surface area contributed by atoms with Crippen LogP contribution >= 0.6 is 0 Å². The predicted molar refractivity (Wildman–Crippen MR) is 70.9 cm³/mol. The zero-order valence-electron chi connectivity index (χ0n) is 10.2. The quantitative estimate of drug-likeness (QED) is 0.773. The molecule has 0 aliphatic heterocycles. The fraction of sp³-hybridized carbons (Fsp3) is 0.400. The first-order valence-electron chi connectivity index (χ1n) is 5.20. The van der Waals surface area contributed by atoms with Crippen LogP contribution in [0.5, 0.6) is 0 Å². The minimum atomic E-state index is -3.41. The summed E-state index contributed by atoms with van der Waals surface area (Å²) in [7, 11) is -5.01. The molecular weight excluding hydrogens is 276 g/mol. The van der Waals surface area contributed by atoms with Gasteiger partial charge in [-0.25, -0.2) is 16.8 Å². The van der Waals surface area contributed by atoms with Crippen molar-refractivity contribution in [1.82, 2.24) is 5.32 Å². The van der Waals surface area contributed by atoms with E-state index in [1.807, 2.05) is 0 Å². The van der Waals surface area contributed by atoms with E-state index in [9.17, 15) is 16.8 Å². The standard InChI is InChI=1S/C10H16N2O4S2/c1-11-7-8-18(15,16)12-9-3-5-10(6-4-9)17(2,13)14/h3-6,11-12H,7-8H2,1-2H3. The number of hydrogen-bond acceptors (Lipinski definition) is 5. The summed E-state index contributed by atoms with van der Waals surface area (Å²) in [6, 6.07) is 5.58. The molecule has 1 rings (SSSR count). The van der Waals surface area contributed by atoms with E-state index < -0.39 is 19.9 Å². The van der Waals surface area contributed by atoms with Gasteiger partial charge in [-0.2, -0.15) is 0 Å². The van der Waals surface area contributed by atoms with E-state index in [0.717, 1.165) is 6.26 Å². The van der Waals surface area contributed by atoms with Crippen molar-refractivity contribution in [3.05, 3.63) is 24.3 Å². The summed E-state index contributed by atoms with van der Waals surface area (Å²) in [6.07, 6.45) is 1.10. The summed E-state index contributed by atoms with van der Waals surface area (Å²) >= 11 is 0. The van der Waals surface area contributed by atoms with Crippen LogP contribution in [-0.2, 0) is 19.9 Å². The molecule has 0 spiro atoms. The number of sulfone groups is 1. The average molecular weight is 292 g/mol. The third-order valence-electron chi connectivity index (χ3n) is 2.18. The molecule has 0 heterocycles. The zero-order chi connectivity index (χ0) is 13.8. The smallest absolute Gasteiger partial charge is 0.233 e. The summed E-state index contributed by atoms with van der Waals surface area (Å²) in [5.41, 5.74) is 0.346. The van der Waals surface area contributed by atoms with Gasteiger partial charge in [-0.1, -0.05) is 0 Å². The second kappa shape index (κ2) is 5.68. The SMILES string of the molecule is CNCCS(=O)(=O)Nc1ccc(S(C)(=O)=O)cc1. The lowest BCUT2D eigenvalue weighted by molar-refractivity contribution is 0.598. The fourth-order valence-corrected chi connectivity index (χ4v) is 2.94. The van der Waals surface area contributed by atoms with Crippen molar-refractivity contribution in [2.75, 3.05) is 30.3 Å². The summed E-state index contributed by atoms with van der Waals surface area (Å²) in [5.74, 6) is -0.0443. The highest BCUT2D eigenvalue weighted by atomic mass is 32.2. The van der Waals surface area contributed by atoms with Crippen LogP contribution in [0.1, 0.15) is 0 Å². The van der Waals surface area contributed by atoms with Gasteiger partial charge in [0.25, 0.3) is 0 Å². The Kier molecular flexibility index (Phi) is 4.71. The second-order valence-corrected chi connectivity index (χ2v) is 7.68. The molecule has 0 aliphatic carbocycles. The zero-order valence-corrected chi connectivity index (χ0v) is 11.8. The number of rotatable bonds is 6. The molecule has 0 aliphatic rings. The minimum Gasteiger partial charge on any atom is -0.319 e.